The van der Waals surface area contributed by atoms with E-state index in [1.807, 2.05) is 60.6 Å². The zero-order valence-corrected chi connectivity index (χ0v) is 19.5. The quantitative estimate of drug-likeness (QED) is 0.629. The molecule has 30 heavy (non-hydrogen) atoms. The highest BCUT2D eigenvalue weighted by atomic mass is 32.2. The number of carbonyl (C=O) groups excluding carboxylic acids is 2. The molecule has 162 valence electrons. The van der Waals surface area contributed by atoms with Crippen LogP contribution >= 0.6 is 0 Å². The van der Waals surface area contributed by atoms with Crippen molar-refractivity contribution in [2.75, 3.05) is 10.0 Å². The van der Waals surface area contributed by atoms with E-state index < -0.39 is 15.7 Å². The molecule has 0 heterocycles. The Bertz CT molecular complexity index is 961. The van der Waals surface area contributed by atoms with Crippen molar-refractivity contribution < 1.29 is 13.8 Å². The van der Waals surface area contributed by atoms with E-state index >= 15 is 0 Å². The number of rotatable bonds is 6. The molecule has 0 spiro atoms. The number of hydrogen-bond donors (Lipinski definition) is 3. The van der Waals surface area contributed by atoms with Crippen LogP contribution < -0.4 is 15.4 Å². The highest BCUT2D eigenvalue weighted by Gasteiger charge is 2.20. The lowest BCUT2D eigenvalue weighted by molar-refractivity contribution is 0.0941. The molecule has 0 aliphatic rings. The van der Waals surface area contributed by atoms with Crippen LogP contribution in [0.2, 0.25) is 0 Å². The maximum Gasteiger partial charge on any atom is 0.255 e. The minimum atomic E-state index is -1.24. The number of nitrogens with one attached hydrogen (secondary N) is 3. The average molecular weight is 430 g/mol. The van der Waals surface area contributed by atoms with Crippen molar-refractivity contribution in [2.24, 2.45) is 0 Å². The molecule has 0 saturated carbocycles. The number of carbonyl (C=O) groups is 2. The van der Waals surface area contributed by atoms with Crippen molar-refractivity contribution in [1.29, 1.82) is 0 Å². The molecule has 2 aromatic rings. The van der Waals surface area contributed by atoms with Crippen LogP contribution in [0.15, 0.2) is 36.4 Å². The summed E-state index contributed by atoms with van der Waals surface area (Å²) in [6.07, 6.45) is 0. The Morgan fingerprint density at radius 2 is 1.57 bits per heavy atom. The normalized spacial score (nSPS) is 12.4. The molecule has 2 aromatic carbocycles. The van der Waals surface area contributed by atoms with Gasteiger partial charge in [-0.1, -0.05) is 0 Å². The summed E-state index contributed by atoms with van der Waals surface area (Å²) in [6.45, 7) is 13.2. The molecular formula is C23H31N3O3S. The van der Waals surface area contributed by atoms with Crippen molar-refractivity contribution in [3.05, 3.63) is 58.7 Å². The van der Waals surface area contributed by atoms with Gasteiger partial charge in [0, 0.05) is 28.5 Å². The molecule has 1 unspecified atom stereocenters. The van der Waals surface area contributed by atoms with Crippen LogP contribution in [-0.2, 0) is 11.0 Å². The summed E-state index contributed by atoms with van der Waals surface area (Å²) in [5.74, 6) is -0.439. The van der Waals surface area contributed by atoms with Gasteiger partial charge in [-0.25, -0.2) is 4.21 Å². The van der Waals surface area contributed by atoms with Gasteiger partial charge in [-0.05, 0) is 96.0 Å². The van der Waals surface area contributed by atoms with E-state index in [-0.39, 0.29) is 17.9 Å². The van der Waals surface area contributed by atoms with Gasteiger partial charge in [0.25, 0.3) is 11.8 Å². The van der Waals surface area contributed by atoms with Gasteiger partial charge in [-0.3, -0.25) is 9.59 Å². The first-order chi connectivity index (χ1) is 13.9. The Hall–Kier alpha value is -2.67. The summed E-state index contributed by atoms with van der Waals surface area (Å²) in [5.41, 5.74) is 3.89. The second-order valence-corrected chi connectivity index (χ2v) is 10.6. The summed E-state index contributed by atoms with van der Waals surface area (Å²) < 4.78 is 14.8. The molecule has 2 amide bonds. The van der Waals surface area contributed by atoms with Gasteiger partial charge >= 0.3 is 0 Å². The molecule has 6 nitrogen and oxygen atoms in total. The molecule has 0 radical (unpaired) electrons. The number of amides is 2. The highest BCUT2D eigenvalue weighted by Crippen LogP contribution is 2.23. The van der Waals surface area contributed by atoms with E-state index in [1.54, 1.807) is 24.3 Å². The smallest absolute Gasteiger partial charge is 0.255 e. The molecule has 0 aliphatic carbocycles. The van der Waals surface area contributed by atoms with Gasteiger partial charge in [-0.15, -0.1) is 0 Å². The molecule has 7 heteroatoms. The van der Waals surface area contributed by atoms with Gasteiger partial charge in [0.2, 0.25) is 0 Å². The molecule has 3 N–H and O–H groups in total. The second-order valence-electron chi connectivity index (χ2n) is 8.63. The van der Waals surface area contributed by atoms with Crippen LogP contribution in [0, 0.1) is 13.8 Å². The van der Waals surface area contributed by atoms with Gasteiger partial charge in [0.05, 0.1) is 4.75 Å². The Kier molecular flexibility index (Phi) is 7.42. The summed E-state index contributed by atoms with van der Waals surface area (Å²) in [7, 11) is -1.24. The first-order valence-electron chi connectivity index (χ1n) is 9.90. The zero-order valence-electron chi connectivity index (χ0n) is 18.7. The van der Waals surface area contributed by atoms with E-state index in [1.165, 1.54) is 0 Å². The Labute approximate surface area is 181 Å². The maximum absolute atomic E-state index is 12.7. The number of benzene rings is 2. The van der Waals surface area contributed by atoms with Crippen LogP contribution in [0.25, 0.3) is 0 Å². The molecule has 0 aromatic heterocycles. The Morgan fingerprint density at radius 3 is 2.10 bits per heavy atom. The van der Waals surface area contributed by atoms with E-state index in [0.29, 0.717) is 28.1 Å². The van der Waals surface area contributed by atoms with E-state index in [9.17, 15) is 13.8 Å². The van der Waals surface area contributed by atoms with Crippen molar-refractivity contribution >= 4 is 34.2 Å². The lowest BCUT2D eigenvalue weighted by Crippen LogP contribution is -2.31. The fourth-order valence-electron chi connectivity index (χ4n) is 2.71. The predicted molar refractivity (Wildman–Crippen MR) is 124 cm³/mol. The van der Waals surface area contributed by atoms with Gasteiger partial charge in [0.1, 0.15) is 11.0 Å². The molecule has 0 aliphatic heterocycles. The molecule has 0 saturated heterocycles. The number of hydrogen-bond acceptors (Lipinski definition) is 3. The summed E-state index contributed by atoms with van der Waals surface area (Å²) in [5, 5.41) is 5.79. The second kappa shape index (κ2) is 9.43. The summed E-state index contributed by atoms with van der Waals surface area (Å²) in [4.78, 5) is 25.2. The van der Waals surface area contributed by atoms with Crippen LogP contribution in [0.3, 0.4) is 0 Å². The zero-order chi connectivity index (χ0) is 22.6. The first kappa shape index (κ1) is 23.6. The van der Waals surface area contributed by atoms with Crippen molar-refractivity contribution in [1.82, 2.24) is 5.32 Å². The minimum Gasteiger partial charge on any atom is -0.350 e. The van der Waals surface area contributed by atoms with Crippen molar-refractivity contribution in [2.45, 2.75) is 59.3 Å². The Balaban J connectivity index is 2.19. The van der Waals surface area contributed by atoms with Crippen LogP contribution in [0.1, 0.15) is 66.5 Å². The fourth-order valence-corrected chi connectivity index (χ4v) is 3.36. The molecular weight excluding hydrogens is 398 g/mol. The predicted octanol–water partition coefficient (Wildman–Crippen LogP) is 4.57. The van der Waals surface area contributed by atoms with E-state index in [2.05, 4.69) is 15.4 Å². The topological polar surface area (TPSA) is 87.3 Å². The van der Waals surface area contributed by atoms with Gasteiger partial charge < -0.3 is 15.4 Å². The first-order valence-corrected chi connectivity index (χ1v) is 11.1. The highest BCUT2D eigenvalue weighted by molar-refractivity contribution is 7.87. The average Bonchev–Trinajstić information content (AvgIpc) is 2.63. The molecule has 0 bridgehead atoms. The van der Waals surface area contributed by atoms with Crippen LogP contribution in [0.5, 0.6) is 0 Å². The Morgan fingerprint density at radius 1 is 0.967 bits per heavy atom. The maximum atomic E-state index is 12.7. The monoisotopic (exact) mass is 429 g/mol. The standard InChI is InChI=1S/C23H31N3O3S/c1-14(2)24-22(28)19-12-15(3)13-20(16(19)4)25-21(27)17-8-10-18(11-9-17)26-30(29)23(5,6)7/h8-14,26H,1-7H3,(H,24,28)(H,25,27). The third kappa shape index (κ3) is 6.16. The molecule has 2 rings (SSSR count). The molecule has 1 atom stereocenters. The molecule has 0 fully saturated rings. The summed E-state index contributed by atoms with van der Waals surface area (Å²) in [6, 6.07) is 10.5. The number of anilines is 2. The largest absolute Gasteiger partial charge is 0.350 e. The van der Waals surface area contributed by atoms with E-state index in [4.69, 9.17) is 0 Å². The lowest BCUT2D eigenvalue weighted by atomic mass is 10.0. The third-order valence-corrected chi connectivity index (χ3v) is 5.91. The van der Waals surface area contributed by atoms with Crippen LogP contribution in [-0.4, -0.2) is 26.8 Å². The minimum absolute atomic E-state index is 0.0233. The van der Waals surface area contributed by atoms with E-state index in [0.717, 1.165) is 5.56 Å². The lowest BCUT2D eigenvalue weighted by Gasteiger charge is -2.19. The third-order valence-electron chi connectivity index (χ3n) is 4.38. The van der Waals surface area contributed by atoms with Crippen molar-refractivity contribution in [3.63, 3.8) is 0 Å². The van der Waals surface area contributed by atoms with Gasteiger partial charge in [0.15, 0.2) is 0 Å². The SMILES string of the molecule is Cc1cc(NC(=O)c2ccc(NS(=O)C(C)(C)C)cc2)c(C)c(C(=O)NC(C)C)c1. The van der Waals surface area contributed by atoms with Crippen molar-refractivity contribution in [3.8, 4) is 0 Å². The summed E-state index contributed by atoms with van der Waals surface area (Å²) >= 11 is 0. The fraction of sp³-hybridized carbons (Fsp3) is 0.391. The van der Waals surface area contributed by atoms with Crippen LogP contribution in [0.4, 0.5) is 11.4 Å². The number of aryl methyl sites for hydroxylation is 1. The van der Waals surface area contributed by atoms with Gasteiger partial charge in [-0.2, -0.15) is 0 Å².